The number of amidine groups is 1. The summed E-state index contributed by atoms with van der Waals surface area (Å²) in [6.07, 6.45) is 2.49. The van der Waals surface area contributed by atoms with Gasteiger partial charge in [0.2, 0.25) is 0 Å². The van der Waals surface area contributed by atoms with E-state index in [1.165, 1.54) is 23.3 Å². The van der Waals surface area contributed by atoms with Crippen LogP contribution in [-0.4, -0.2) is 25.4 Å². The predicted molar refractivity (Wildman–Crippen MR) is 74.9 cm³/mol. The van der Waals surface area contributed by atoms with Crippen LogP contribution in [0.3, 0.4) is 0 Å². The molecule has 0 radical (unpaired) electrons. The van der Waals surface area contributed by atoms with Gasteiger partial charge in [-0.05, 0) is 41.8 Å². The predicted octanol–water partition coefficient (Wildman–Crippen LogP) is 2.05. The lowest BCUT2D eigenvalue weighted by molar-refractivity contribution is 0.318. The van der Waals surface area contributed by atoms with Crippen molar-refractivity contribution in [3.05, 3.63) is 29.2 Å². The van der Waals surface area contributed by atoms with E-state index in [2.05, 4.69) is 19.5 Å². The number of nitrogens with zero attached hydrogens (tertiary/aromatic N) is 4. The van der Waals surface area contributed by atoms with Crippen LogP contribution < -0.4 is 5.73 Å². The Morgan fingerprint density at radius 3 is 3.00 bits per heavy atom. The largest absolute Gasteiger partial charge is 0.409 e. The van der Waals surface area contributed by atoms with Crippen LogP contribution in [0, 0.1) is 6.92 Å². The second kappa shape index (κ2) is 5.98. The molecule has 2 heterocycles. The molecule has 0 fully saturated rings. The average molecular weight is 295 g/mol. The molecule has 0 aliphatic carbocycles. The van der Waals surface area contributed by atoms with E-state index in [9.17, 15) is 0 Å². The summed E-state index contributed by atoms with van der Waals surface area (Å²) >= 11 is 2.69. The number of rotatable bonds is 4. The third-order valence-corrected chi connectivity index (χ3v) is 4.23. The molecular formula is C11H13N5OS2. The molecular weight excluding hydrogens is 282 g/mol. The van der Waals surface area contributed by atoms with E-state index in [-0.39, 0.29) is 5.84 Å². The van der Waals surface area contributed by atoms with Crippen LogP contribution in [0.5, 0.6) is 0 Å². The van der Waals surface area contributed by atoms with Crippen LogP contribution >= 0.6 is 23.3 Å². The normalized spacial score (nSPS) is 11.8. The monoisotopic (exact) mass is 295 g/mol. The van der Waals surface area contributed by atoms with Crippen molar-refractivity contribution in [3.8, 4) is 0 Å². The number of pyridine rings is 1. The molecule has 100 valence electrons. The molecule has 0 aromatic carbocycles. The van der Waals surface area contributed by atoms with Crippen molar-refractivity contribution < 1.29 is 5.21 Å². The second-order valence-corrected chi connectivity index (χ2v) is 5.71. The van der Waals surface area contributed by atoms with Crippen molar-refractivity contribution in [1.82, 2.24) is 14.3 Å². The molecule has 0 atom stereocenters. The Bertz CT molecular complexity index is 611. The fourth-order valence-corrected chi connectivity index (χ4v) is 3.27. The lowest BCUT2D eigenvalue weighted by atomic mass is 10.1. The summed E-state index contributed by atoms with van der Waals surface area (Å²) < 4.78 is 5.01. The number of aromatic nitrogens is 3. The Morgan fingerprint density at radius 1 is 1.58 bits per heavy atom. The minimum absolute atomic E-state index is 0.0494. The number of aryl methyl sites for hydroxylation is 2. The highest BCUT2D eigenvalue weighted by Gasteiger charge is 2.15. The van der Waals surface area contributed by atoms with Gasteiger partial charge in [-0.15, -0.1) is 0 Å². The van der Waals surface area contributed by atoms with Gasteiger partial charge in [0, 0.05) is 12.6 Å². The molecule has 2 rings (SSSR count). The molecule has 0 saturated heterocycles. The SMILES string of the molecule is CCc1nsc(Sc2nccc(C)c2/C(N)=N/O)n1. The maximum Gasteiger partial charge on any atom is 0.176 e. The van der Waals surface area contributed by atoms with E-state index >= 15 is 0 Å². The summed E-state index contributed by atoms with van der Waals surface area (Å²) in [6, 6.07) is 1.81. The van der Waals surface area contributed by atoms with Gasteiger partial charge >= 0.3 is 0 Å². The van der Waals surface area contributed by atoms with Crippen LogP contribution in [-0.2, 0) is 6.42 Å². The van der Waals surface area contributed by atoms with Crippen LogP contribution in [0.2, 0.25) is 0 Å². The number of hydrogen-bond donors (Lipinski definition) is 2. The minimum Gasteiger partial charge on any atom is -0.409 e. The molecule has 8 heteroatoms. The fraction of sp³-hybridized carbons (Fsp3) is 0.273. The highest BCUT2D eigenvalue weighted by atomic mass is 32.2. The smallest absolute Gasteiger partial charge is 0.176 e. The van der Waals surface area contributed by atoms with Gasteiger partial charge in [-0.3, -0.25) is 0 Å². The van der Waals surface area contributed by atoms with E-state index in [0.29, 0.717) is 10.6 Å². The van der Waals surface area contributed by atoms with E-state index < -0.39 is 0 Å². The molecule has 2 aromatic heterocycles. The molecule has 0 aliphatic rings. The lowest BCUT2D eigenvalue weighted by Gasteiger charge is -2.07. The van der Waals surface area contributed by atoms with Gasteiger partial charge in [-0.25, -0.2) is 9.97 Å². The van der Waals surface area contributed by atoms with E-state index in [1.54, 1.807) is 6.20 Å². The first-order valence-electron chi connectivity index (χ1n) is 5.59. The summed E-state index contributed by atoms with van der Waals surface area (Å²) in [7, 11) is 0. The third-order valence-electron chi connectivity index (χ3n) is 2.44. The fourth-order valence-electron chi connectivity index (χ4n) is 1.48. The standard InChI is InChI=1S/C11H13N5OS2/c1-3-7-14-11(19-16-7)18-10-8(9(12)15-17)6(2)4-5-13-10/h4-5,17H,3H2,1-2H3,(H2,12,15). The van der Waals surface area contributed by atoms with Crippen LogP contribution in [0.4, 0.5) is 0 Å². The molecule has 0 amide bonds. The zero-order chi connectivity index (χ0) is 13.8. The van der Waals surface area contributed by atoms with Gasteiger partial charge in [0.25, 0.3) is 0 Å². The minimum atomic E-state index is 0.0494. The number of nitrogens with two attached hydrogens (primary N) is 1. The van der Waals surface area contributed by atoms with Crippen LogP contribution in [0.15, 0.2) is 26.8 Å². The van der Waals surface area contributed by atoms with Crippen LogP contribution in [0.25, 0.3) is 0 Å². The van der Waals surface area contributed by atoms with E-state index in [4.69, 9.17) is 10.9 Å². The molecule has 3 N–H and O–H groups in total. The molecule has 2 aromatic rings. The Labute approximate surface area is 118 Å². The van der Waals surface area contributed by atoms with Crippen molar-refractivity contribution in [2.75, 3.05) is 0 Å². The first kappa shape index (κ1) is 13.8. The summed E-state index contributed by atoms with van der Waals surface area (Å²) in [5, 5.41) is 12.6. The van der Waals surface area contributed by atoms with Crippen molar-refractivity contribution in [3.63, 3.8) is 0 Å². The quantitative estimate of drug-likeness (QED) is 0.388. The Morgan fingerprint density at radius 2 is 2.37 bits per heavy atom. The molecule has 0 saturated carbocycles. The Balaban J connectivity index is 2.37. The molecule has 0 bridgehead atoms. The van der Waals surface area contributed by atoms with Gasteiger partial charge < -0.3 is 10.9 Å². The third kappa shape index (κ3) is 3.02. The summed E-state index contributed by atoms with van der Waals surface area (Å²) in [6.45, 7) is 3.89. The van der Waals surface area contributed by atoms with Crippen molar-refractivity contribution in [2.24, 2.45) is 10.9 Å². The van der Waals surface area contributed by atoms with Gasteiger partial charge in [-0.1, -0.05) is 12.1 Å². The molecule has 0 aliphatic heterocycles. The van der Waals surface area contributed by atoms with Gasteiger partial charge in [0.15, 0.2) is 10.2 Å². The molecule has 0 spiro atoms. The Hall–Kier alpha value is -1.67. The zero-order valence-corrected chi connectivity index (χ0v) is 12.1. The maximum atomic E-state index is 8.85. The maximum absolute atomic E-state index is 8.85. The first-order valence-corrected chi connectivity index (χ1v) is 7.18. The highest BCUT2D eigenvalue weighted by Crippen LogP contribution is 2.31. The number of hydrogen-bond acceptors (Lipinski definition) is 7. The van der Waals surface area contributed by atoms with Crippen LogP contribution in [0.1, 0.15) is 23.9 Å². The van der Waals surface area contributed by atoms with Crippen molar-refractivity contribution in [2.45, 2.75) is 29.6 Å². The topological polar surface area (TPSA) is 97.3 Å². The first-order chi connectivity index (χ1) is 9.15. The summed E-state index contributed by atoms with van der Waals surface area (Å²) in [5.41, 5.74) is 7.22. The second-order valence-electron chi connectivity index (χ2n) is 3.73. The number of oxime groups is 1. The van der Waals surface area contributed by atoms with Gasteiger partial charge in [0.1, 0.15) is 10.9 Å². The van der Waals surface area contributed by atoms with Crippen molar-refractivity contribution >= 4 is 29.1 Å². The van der Waals surface area contributed by atoms with Crippen molar-refractivity contribution in [1.29, 1.82) is 0 Å². The molecule has 6 nitrogen and oxygen atoms in total. The lowest BCUT2D eigenvalue weighted by Crippen LogP contribution is -2.16. The molecule has 19 heavy (non-hydrogen) atoms. The van der Waals surface area contributed by atoms with Gasteiger partial charge in [-0.2, -0.15) is 4.37 Å². The highest BCUT2D eigenvalue weighted by molar-refractivity contribution is 8.01. The zero-order valence-electron chi connectivity index (χ0n) is 10.5. The average Bonchev–Trinajstić information content (AvgIpc) is 2.86. The van der Waals surface area contributed by atoms with E-state index in [0.717, 1.165) is 22.1 Å². The Kier molecular flexibility index (Phi) is 4.33. The summed E-state index contributed by atoms with van der Waals surface area (Å²) in [5.74, 6) is 0.860. The van der Waals surface area contributed by atoms with Gasteiger partial charge in [0.05, 0.1) is 5.56 Å². The van der Waals surface area contributed by atoms with E-state index in [1.807, 2.05) is 19.9 Å². The summed E-state index contributed by atoms with van der Waals surface area (Å²) in [4.78, 5) is 8.64. The molecule has 0 unspecified atom stereocenters.